The van der Waals surface area contributed by atoms with Crippen LogP contribution in [-0.2, 0) is 15.3 Å². The van der Waals surface area contributed by atoms with E-state index in [1.807, 2.05) is 69.3 Å². The summed E-state index contributed by atoms with van der Waals surface area (Å²) in [5.74, 6) is 1.38. The summed E-state index contributed by atoms with van der Waals surface area (Å²) >= 11 is 0. The number of ether oxygens (including phenoxy) is 3. The lowest BCUT2D eigenvalue weighted by Crippen LogP contribution is -2.32. The first-order valence-electron chi connectivity index (χ1n) is 7.20. The van der Waals surface area contributed by atoms with Gasteiger partial charge < -0.3 is 14.2 Å². The van der Waals surface area contributed by atoms with Crippen molar-refractivity contribution in [1.82, 2.24) is 0 Å². The summed E-state index contributed by atoms with van der Waals surface area (Å²) in [6.45, 7) is 5.88. The predicted octanol–water partition coefficient (Wildman–Crippen LogP) is 4.93. The lowest BCUT2D eigenvalue weighted by atomic mass is 9.93. The molecular formula is C18H18O3. The molecule has 0 aliphatic carbocycles. The second-order valence-corrected chi connectivity index (χ2v) is 4.66. The molecule has 2 aromatic carbocycles. The number of hydrogen-bond acceptors (Lipinski definition) is 3. The molecule has 4 rings (SSSR count). The van der Waals surface area contributed by atoms with Crippen molar-refractivity contribution in [3.8, 4) is 11.5 Å². The summed E-state index contributed by atoms with van der Waals surface area (Å²) in [6.07, 6.45) is 1.65. The van der Waals surface area contributed by atoms with Crippen molar-refractivity contribution in [3.05, 3.63) is 71.7 Å². The van der Waals surface area contributed by atoms with Crippen molar-refractivity contribution in [2.24, 2.45) is 0 Å². The maximum Gasteiger partial charge on any atom is 0.311 e. The molecule has 3 heteroatoms. The van der Waals surface area contributed by atoms with E-state index in [0.29, 0.717) is 0 Å². The first kappa shape index (κ1) is 13.6. The second-order valence-electron chi connectivity index (χ2n) is 4.66. The highest BCUT2D eigenvalue weighted by molar-refractivity contribution is 5.55. The Morgan fingerprint density at radius 1 is 0.810 bits per heavy atom. The third-order valence-corrected chi connectivity index (χ3v) is 3.40. The highest BCUT2D eigenvalue weighted by atomic mass is 16.7. The zero-order chi connectivity index (χ0) is 14.9. The van der Waals surface area contributed by atoms with Gasteiger partial charge >= 0.3 is 5.79 Å². The van der Waals surface area contributed by atoms with E-state index in [0.717, 1.165) is 28.4 Å². The van der Waals surface area contributed by atoms with Crippen molar-refractivity contribution >= 4 is 0 Å². The monoisotopic (exact) mass is 282 g/mol. The van der Waals surface area contributed by atoms with Crippen LogP contribution in [0.5, 0.6) is 11.5 Å². The smallest absolute Gasteiger partial charge is 0.311 e. The van der Waals surface area contributed by atoms with Crippen LogP contribution in [0.3, 0.4) is 0 Å². The highest BCUT2D eigenvalue weighted by Gasteiger charge is 2.48. The van der Waals surface area contributed by atoms with E-state index in [-0.39, 0.29) is 0 Å². The van der Waals surface area contributed by atoms with Gasteiger partial charge in [-0.15, -0.1) is 0 Å². The summed E-state index contributed by atoms with van der Waals surface area (Å²) in [7, 11) is 0. The molecule has 0 radical (unpaired) electrons. The van der Waals surface area contributed by atoms with Gasteiger partial charge in [0.15, 0.2) is 0 Å². The Labute approximate surface area is 124 Å². The maximum atomic E-state index is 6.00. The largest absolute Gasteiger partial charge is 0.456 e. The normalized spacial score (nSPS) is 16.2. The number of benzene rings is 2. The summed E-state index contributed by atoms with van der Waals surface area (Å²) in [6, 6.07) is 15.6. The van der Waals surface area contributed by atoms with Crippen molar-refractivity contribution in [3.63, 3.8) is 0 Å². The molecule has 21 heavy (non-hydrogen) atoms. The molecule has 2 heterocycles. The van der Waals surface area contributed by atoms with Gasteiger partial charge in [-0.3, -0.25) is 0 Å². The van der Waals surface area contributed by atoms with Crippen LogP contribution in [0.15, 0.2) is 60.6 Å². The Kier molecular flexibility index (Phi) is 3.34. The maximum absolute atomic E-state index is 6.00. The Balaban J connectivity index is 0.000000636. The van der Waals surface area contributed by atoms with E-state index in [1.54, 1.807) is 6.26 Å². The molecule has 0 bridgehead atoms. The van der Waals surface area contributed by atoms with Crippen LogP contribution in [0.2, 0.25) is 0 Å². The van der Waals surface area contributed by atoms with Gasteiger partial charge in [0.05, 0.1) is 11.1 Å². The first-order valence-corrected chi connectivity index (χ1v) is 7.20. The fourth-order valence-electron chi connectivity index (χ4n) is 2.60. The van der Waals surface area contributed by atoms with Crippen molar-refractivity contribution < 1.29 is 14.2 Å². The molecule has 0 amide bonds. The van der Waals surface area contributed by atoms with Crippen LogP contribution in [-0.4, -0.2) is 0 Å². The standard InChI is InChI=1S/C16H12O3.C2H6/c1-11-10-17-16(19-11)12-6-2-4-8-14(12)18-15-9-5-3-7-13(15)16;1-2/h2-10H,1H3;1-2H3. The van der Waals surface area contributed by atoms with Crippen LogP contribution < -0.4 is 4.74 Å². The van der Waals surface area contributed by atoms with Crippen LogP contribution in [0.1, 0.15) is 31.9 Å². The van der Waals surface area contributed by atoms with Crippen LogP contribution >= 0.6 is 0 Å². The molecule has 0 atom stereocenters. The Hall–Kier alpha value is -2.42. The first-order chi connectivity index (χ1) is 10.3. The van der Waals surface area contributed by atoms with Gasteiger partial charge in [-0.1, -0.05) is 38.1 Å². The quantitative estimate of drug-likeness (QED) is 0.686. The Bertz CT molecular complexity index is 643. The SMILES string of the molecule is CC.CC1=COC2(O1)c1ccccc1Oc1ccccc12. The third-order valence-electron chi connectivity index (χ3n) is 3.40. The van der Waals surface area contributed by atoms with Gasteiger partial charge in [0.1, 0.15) is 23.5 Å². The van der Waals surface area contributed by atoms with Crippen molar-refractivity contribution in [2.45, 2.75) is 26.6 Å². The van der Waals surface area contributed by atoms with Gasteiger partial charge in [0, 0.05) is 0 Å². The molecule has 0 fully saturated rings. The van der Waals surface area contributed by atoms with Crippen LogP contribution in [0.4, 0.5) is 0 Å². The van der Waals surface area contributed by atoms with E-state index in [1.165, 1.54) is 0 Å². The minimum Gasteiger partial charge on any atom is -0.456 e. The molecule has 2 aliphatic heterocycles. The lowest BCUT2D eigenvalue weighted by Gasteiger charge is -2.35. The third kappa shape index (κ3) is 1.97. The average Bonchev–Trinajstić information content (AvgIpc) is 2.93. The van der Waals surface area contributed by atoms with Crippen LogP contribution in [0, 0.1) is 0 Å². The number of allylic oxidation sites excluding steroid dienone is 1. The van der Waals surface area contributed by atoms with Gasteiger partial charge in [-0.2, -0.15) is 0 Å². The van der Waals surface area contributed by atoms with E-state index in [2.05, 4.69) is 0 Å². The molecule has 3 nitrogen and oxygen atoms in total. The highest BCUT2D eigenvalue weighted by Crippen LogP contribution is 2.52. The molecule has 0 N–H and O–H groups in total. The van der Waals surface area contributed by atoms with E-state index < -0.39 is 5.79 Å². The molecule has 0 saturated heterocycles. The number of hydrogen-bond donors (Lipinski definition) is 0. The summed E-state index contributed by atoms with van der Waals surface area (Å²) in [5.41, 5.74) is 1.78. The molecular weight excluding hydrogens is 264 g/mol. The zero-order valence-electron chi connectivity index (χ0n) is 12.4. The lowest BCUT2D eigenvalue weighted by molar-refractivity contribution is -0.125. The molecule has 2 aromatic rings. The Morgan fingerprint density at radius 3 is 1.81 bits per heavy atom. The molecule has 1 spiro atoms. The zero-order valence-corrected chi connectivity index (χ0v) is 12.4. The second kappa shape index (κ2) is 5.17. The minimum absolute atomic E-state index is 0.756. The minimum atomic E-state index is -0.907. The summed E-state index contributed by atoms with van der Waals surface area (Å²) in [5, 5.41) is 0. The van der Waals surface area contributed by atoms with E-state index >= 15 is 0 Å². The molecule has 0 saturated carbocycles. The Morgan fingerprint density at radius 2 is 1.33 bits per heavy atom. The number of fused-ring (bicyclic) bond motifs is 4. The average molecular weight is 282 g/mol. The van der Waals surface area contributed by atoms with E-state index in [9.17, 15) is 0 Å². The fourth-order valence-corrected chi connectivity index (χ4v) is 2.60. The van der Waals surface area contributed by atoms with E-state index in [4.69, 9.17) is 14.2 Å². The summed E-state index contributed by atoms with van der Waals surface area (Å²) in [4.78, 5) is 0. The molecule has 0 aromatic heterocycles. The molecule has 0 unspecified atom stereocenters. The predicted molar refractivity (Wildman–Crippen MR) is 81.0 cm³/mol. The summed E-state index contributed by atoms with van der Waals surface area (Å²) < 4.78 is 17.8. The molecule has 108 valence electrons. The fraction of sp³-hybridized carbons (Fsp3) is 0.222. The van der Waals surface area contributed by atoms with Gasteiger partial charge in [-0.25, -0.2) is 0 Å². The number of rotatable bonds is 0. The topological polar surface area (TPSA) is 27.7 Å². The van der Waals surface area contributed by atoms with Crippen LogP contribution in [0.25, 0.3) is 0 Å². The van der Waals surface area contributed by atoms with Gasteiger partial charge in [0.25, 0.3) is 0 Å². The van der Waals surface area contributed by atoms with Gasteiger partial charge in [0.2, 0.25) is 0 Å². The number of para-hydroxylation sites is 2. The van der Waals surface area contributed by atoms with Crippen molar-refractivity contribution in [1.29, 1.82) is 0 Å². The van der Waals surface area contributed by atoms with Gasteiger partial charge in [-0.05, 0) is 31.2 Å². The van der Waals surface area contributed by atoms with Crippen molar-refractivity contribution in [2.75, 3.05) is 0 Å². The molecule has 2 aliphatic rings.